The molecule has 6 atom stereocenters. The average molecular weight is 778 g/mol. The summed E-state index contributed by atoms with van der Waals surface area (Å²) in [6, 6.07) is 10.3. The summed E-state index contributed by atoms with van der Waals surface area (Å²) in [6.07, 6.45) is -6.11. The second kappa shape index (κ2) is 19.8. The third-order valence-electron chi connectivity index (χ3n) is 6.46. The normalized spacial score (nSPS) is 22.7. The first-order valence-electron chi connectivity index (χ1n) is 13.7. The van der Waals surface area contributed by atoms with Gasteiger partial charge in [-0.05, 0) is 12.1 Å². The summed E-state index contributed by atoms with van der Waals surface area (Å²) in [6.45, 7) is 0. The molecule has 2 aliphatic rings. The fourth-order valence-electron chi connectivity index (χ4n) is 4.43. The van der Waals surface area contributed by atoms with Gasteiger partial charge in [0.2, 0.25) is 0 Å². The summed E-state index contributed by atoms with van der Waals surface area (Å²) < 4.78 is 49.6. The molecule has 10 N–H and O–H groups in total. The molecule has 2 aromatic heterocycles. The molecule has 2 saturated heterocycles. The Labute approximate surface area is 306 Å². The zero-order chi connectivity index (χ0) is 35.2. The average Bonchev–Trinajstić information content (AvgIpc) is 3.57. The van der Waals surface area contributed by atoms with Crippen molar-refractivity contribution in [3.05, 3.63) is 102 Å². The van der Waals surface area contributed by atoms with Gasteiger partial charge < -0.3 is 59.3 Å². The number of H-pyrrole nitrogens is 2. The third-order valence-corrected chi connectivity index (χ3v) is 7.43. The predicted molar refractivity (Wildman–Crippen MR) is 163 cm³/mol. The fraction of sp³-hybridized carbons (Fsp3) is 0.400. The molecule has 51 heavy (non-hydrogen) atoms. The number of aromatic amines is 2. The van der Waals surface area contributed by atoms with Crippen LogP contribution in [0.2, 0.25) is 0 Å². The van der Waals surface area contributed by atoms with Gasteiger partial charge in [0.25, 0.3) is 11.1 Å². The summed E-state index contributed by atoms with van der Waals surface area (Å²) in [5.41, 5.74) is -2.50. The van der Waals surface area contributed by atoms with Crippen LogP contribution in [-0.4, -0.2) is 98.2 Å². The number of aliphatic hydroxyl groups excluding tert-OH is 1. The molecule has 0 radical (unpaired) electrons. The SMILES string of the molecule is O.O=C(O[C@H]1C[C@@H](OCP(=O)(O)O)O[C@H]1n1ccc(=O)[nH]c1=O)c1ccccc1.O=c1ccn([C@@H]2O[C@H](OCP(=O)(O)O)C[C@@H]2O)c(=O)[nH]1.[Na+].[OH-]. The van der Waals surface area contributed by atoms with Crippen LogP contribution in [0.3, 0.4) is 0 Å². The molecule has 1 aromatic carbocycles. The van der Waals surface area contributed by atoms with Crippen molar-refractivity contribution in [1.82, 2.24) is 19.1 Å². The molecule has 2 aliphatic heterocycles. The first-order chi connectivity index (χ1) is 22.5. The van der Waals surface area contributed by atoms with Crippen LogP contribution in [0.25, 0.3) is 0 Å². The number of ether oxygens (including phenoxy) is 5. The van der Waals surface area contributed by atoms with Gasteiger partial charge in [0.15, 0.2) is 43.8 Å². The van der Waals surface area contributed by atoms with Gasteiger partial charge in [0.05, 0.1) is 5.56 Å². The van der Waals surface area contributed by atoms with E-state index in [2.05, 4.69) is 4.98 Å². The van der Waals surface area contributed by atoms with Gasteiger partial charge in [0, 0.05) is 37.4 Å². The number of hydrogen-bond donors (Lipinski definition) is 7. The summed E-state index contributed by atoms with van der Waals surface area (Å²) in [5.74, 6) is -0.674. The van der Waals surface area contributed by atoms with Crippen molar-refractivity contribution in [3.63, 3.8) is 0 Å². The largest absolute Gasteiger partial charge is 1.00 e. The van der Waals surface area contributed by atoms with Crippen LogP contribution < -0.4 is 52.1 Å². The van der Waals surface area contributed by atoms with Crippen LogP contribution in [0.4, 0.5) is 0 Å². The van der Waals surface area contributed by atoms with Crippen LogP contribution in [0.15, 0.2) is 74.0 Å². The predicted octanol–water partition coefficient (Wildman–Crippen LogP) is -5.54. The Bertz CT molecular complexity index is 1910. The minimum absolute atomic E-state index is 0. The summed E-state index contributed by atoms with van der Waals surface area (Å²) >= 11 is 0. The van der Waals surface area contributed by atoms with E-state index in [9.17, 15) is 38.2 Å². The molecular formula is C25H33N4NaO19P2. The van der Waals surface area contributed by atoms with Crippen LogP contribution in [-0.2, 0) is 32.8 Å². The number of hydrogen-bond acceptors (Lipinski definition) is 14. The standard InChI is InChI=1S/C16H17N2O9P.C9H13N2O8P.Na.2H2O/c19-12-6-7-18(16(21)17-12)14-11(8-13(27-14)25-9-28(22,23)24)26-15(20)10-4-2-1-3-5-10;12-5-3-7(18-4-20(15,16)17)19-8(5)11-2-1-6(13)10-9(11)14;;;/h1-7,11,13-14H,8-9H2,(H,17,19,21)(H2,22,23,24);1-2,5,7-8,12H,3-4H2,(H,10,13,14)(H2,15,16,17);;2*1H2/q;;+1;;/p-1/t11-,13-,14+;5-,7-,8+;;;/m00.../s1. The number of nitrogens with zero attached hydrogens (tertiary/aromatic N) is 2. The number of carbonyl (C=O) groups is 1. The summed E-state index contributed by atoms with van der Waals surface area (Å²) in [4.78, 5) is 97.5. The molecule has 4 heterocycles. The number of benzene rings is 1. The number of rotatable bonds is 10. The van der Waals surface area contributed by atoms with Crippen LogP contribution in [0, 0.1) is 0 Å². The quantitative estimate of drug-likeness (QED) is 0.0573. The number of aromatic nitrogens is 4. The number of carbonyl (C=O) groups excluding carboxylic acids is 1. The fourth-order valence-corrected chi connectivity index (χ4v) is 5.15. The molecule has 0 spiro atoms. The zero-order valence-electron chi connectivity index (χ0n) is 26.4. The summed E-state index contributed by atoms with van der Waals surface area (Å²) in [7, 11) is -8.79. The van der Waals surface area contributed by atoms with Crippen LogP contribution in [0.5, 0.6) is 0 Å². The van der Waals surface area contributed by atoms with Gasteiger partial charge in [-0.25, -0.2) is 14.4 Å². The Morgan fingerprint density at radius 2 is 1.24 bits per heavy atom. The van der Waals surface area contributed by atoms with E-state index >= 15 is 0 Å². The molecule has 0 aliphatic carbocycles. The van der Waals surface area contributed by atoms with Crippen molar-refractivity contribution in [1.29, 1.82) is 0 Å². The minimum Gasteiger partial charge on any atom is -0.870 e. The van der Waals surface area contributed by atoms with Crippen LogP contribution >= 0.6 is 15.2 Å². The van der Waals surface area contributed by atoms with Crippen molar-refractivity contribution in [2.24, 2.45) is 0 Å². The van der Waals surface area contributed by atoms with Gasteiger partial charge >= 0.3 is 62.1 Å². The van der Waals surface area contributed by atoms with Gasteiger partial charge in [0.1, 0.15) is 6.10 Å². The van der Waals surface area contributed by atoms with Crippen molar-refractivity contribution in [2.75, 3.05) is 12.7 Å². The molecule has 3 aromatic rings. The molecule has 278 valence electrons. The van der Waals surface area contributed by atoms with Crippen molar-refractivity contribution < 1.29 is 103 Å². The first kappa shape index (κ1) is 46.1. The van der Waals surface area contributed by atoms with E-state index in [0.717, 1.165) is 27.5 Å². The molecule has 0 amide bonds. The number of esters is 1. The van der Waals surface area contributed by atoms with Crippen molar-refractivity contribution in [2.45, 2.75) is 50.1 Å². The Morgan fingerprint density at radius 1 is 0.784 bits per heavy atom. The molecule has 23 nitrogen and oxygen atoms in total. The molecule has 0 saturated carbocycles. The Morgan fingerprint density at radius 3 is 1.71 bits per heavy atom. The van der Waals surface area contributed by atoms with Gasteiger partial charge in [-0.15, -0.1) is 0 Å². The Kier molecular flexibility index (Phi) is 17.9. The molecule has 2 fully saturated rings. The second-order valence-electron chi connectivity index (χ2n) is 10.2. The Balaban J connectivity index is 0.000000505. The maximum absolute atomic E-state index is 12.4. The monoisotopic (exact) mass is 778 g/mol. The van der Waals surface area contributed by atoms with E-state index < -0.39 is 93.6 Å². The molecule has 5 rings (SSSR count). The maximum atomic E-state index is 12.4. The smallest absolute Gasteiger partial charge is 0.870 e. The molecular weight excluding hydrogens is 745 g/mol. The molecule has 26 heteroatoms. The van der Waals surface area contributed by atoms with E-state index in [4.69, 9.17) is 43.3 Å². The number of aliphatic hydroxyl groups is 1. The molecule has 0 bridgehead atoms. The first-order valence-corrected chi connectivity index (χ1v) is 17.3. The van der Waals surface area contributed by atoms with E-state index in [1.807, 2.05) is 4.98 Å². The second-order valence-corrected chi connectivity index (χ2v) is 13.4. The minimum atomic E-state index is -4.45. The van der Waals surface area contributed by atoms with E-state index in [1.165, 1.54) is 6.20 Å². The summed E-state index contributed by atoms with van der Waals surface area (Å²) in [5, 5.41) is 9.79. The topological polar surface area (TPSA) is 370 Å². The number of nitrogens with one attached hydrogen (secondary N) is 2. The van der Waals surface area contributed by atoms with E-state index in [1.54, 1.807) is 30.3 Å². The van der Waals surface area contributed by atoms with Crippen LogP contribution in [0.1, 0.15) is 35.7 Å². The van der Waals surface area contributed by atoms with Crippen molar-refractivity contribution >= 4 is 21.2 Å². The van der Waals surface area contributed by atoms with Gasteiger partial charge in [-0.1, -0.05) is 18.2 Å². The van der Waals surface area contributed by atoms with Gasteiger partial charge in [-0.3, -0.25) is 37.8 Å². The Hall–Kier alpha value is -2.93. The van der Waals surface area contributed by atoms with Crippen molar-refractivity contribution in [3.8, 4) is 0 Å². The van der Waals surface area contributed by atoms with E-state index in [-0.39, 0.29) is 58.9 Å². The third kappa shape index (κ3) is 13.9. The van der Waals surface area contributed by atoms with Gasteiger partial charge in [-0.2, -0.15) is 0 Å². The maximum Gasteiger partial charge on any atom is 1.00 e. The van der Waals surface area contributed by atoms with E-state index in [0.29, 0.717) is 0 Å². The molecule has 0 unspecified atom stereocenters. The zero-order valence-corrected chi connectivity index (χ0v) is 30.1.